The molecule has 2 aromatic rings. The molecule has 2 rings (SSSR count). The van der Waals surface area contributed by atoms with Crippen molar-refractivity contribution in [3.63, 3.8) is 0 Å². The quantitative estimate of drug-likeness (QED) is 0.617. The van der Waals surface area contributed by atoms with Gasteiger partial charge in [-0.05, 0) is 77.7 Å². The Morgan fingerprint density at radius 2 is 2.24 bits per heavy atom. The highest BCUT2D eigenvalue weighted by Crippen LogP contribution is 2.28. The van der Waals surface area contributed by atoms with E-state index < -0.39 is 0 Å². The smallest absolute Gasteiger partial charge is 0.0521 e. The van der Waals surface area contributed by atoms with Crippen LogP contribution >= 0.6 is 38.5 Å². The predicted molar refractivity (Wildman–Crippen MR) is 99.4 cm³/mol. The number of halogens is 2. The van der Waals surface area contributed by atoms with Gasteiger partial charge in [-0.1, -0.05) is 22.9 Å². The lowest BCUT2D eigenvalue weighted by atomic mass is 10.00. The molecule has 1 aromatic heterocycles. The molecule has 0 amide bonds. The number of hydrogen-bond acceptors (Lipinski definition) is 2. The van der Waals surface area contributed by atoms with E-state index in [1.807, 2.05) is 17.9 Å². The van der Waals surface area contributed by atoms with Gasteiger partial charge in [0.25, 0.3) is 0 Å². The van der Waals surface area contributed by atoms with E-state index in [1.165, 1.54) is 19.2 Å². The van der Waals surface area contributed by atoms with Gasteiger partial charge in [-0.2, -0.15) is 5.10 Å². The molecule has 1 N–H and O–H groups in total. The highest BCUT2D eigenvalue weighted by molar-refractivity contribution is 14.1. The number of aromatic nitrogens is 2. The lowest BCUT2D eigenvalue weighted by Crippen LogP contribution is -2.23. The van der Waals surface area contributed by atoms with E-state index in [-0.39, 0.29) is 0 Å². The summed E-state index contributed by atoms with van der Waals surface area (Å²) in [7, 11) is 1.96. The summed E-state index contributed by atoms with van der Waals surface area (Å²) >= 11 is 6.07. The summed E-state index contributed by atoms with van der Waals surface area (Å²) in [5.74, 6) is 0. The van der Waals surface area contributed by atoms with E-state index in [9.17, 15) is 0 Å². The maximum absolute atomic E-state index is 4.25. The molecule has 1 unspecified atom stereocenters. The van der Waals surface area contributed by atoms with Crippen LogP contribution in [0.25, 0.3) is 0 Å². The Labute approximate surface area is 148 Å². The van der Waals surface area contributed by atoms with Gasteiger partial charge in [0.15, 0.2) is 0 Å². The standard InChI is InChI=1S/C16H21BrIN3/c1-3-8-19-16(7-4-12-10-20-21(2)11-12)14-9-13(18)5-6-15(14)17/h5-6,9-11,16,19H,3-4,7-8H2,1-2H3. The van der Waals surface area contributed by atoms with Crippen molar-refractivity contribution in [1.29, 1.82) is 0 Å². The molecule has 0 aliphatic heterocycles. The number of rotatable bonds is 7. The summed E-state index contributed by atoms with van der Waals surface area (Å²) in [6.07, 6.45) is 7.31. The van der Waals surface area contributed by atoms with Crippen LogP contribution in [0.3, 0.4) is 0 Å². The maximum Gasteiger partial charge on any atom is 0.0521 e. The average molecular weight is 462 g/mol. The molecule has 0 aliphatic rings. The normalized spacial score (nSPS) is 12.6. The van der Waals surface area contributed by atoms with Gasteiger partial charge in [-0.3, -0.25) is 4.68 Å². The molecular formula is C16H21BrIN3. The number of hydrogen-bond donors (Lipinski definition) is 1. The van der Waals surface area contributed by atoms with Crippen molar-refractivity contribution in [1.82, 2.24) is 15.1 Å². The van der Waals surface area contributed by atoms with Gasteiger partial charge < -0.3 is 5.32 Å². The topological polar surface area (TPSA) is 29.9 Å². The summed E-state index contributed by atoms with van der Waals surface area (Å²) in [6, 6.07) is 6.91. The van der Waals surface area contributed by atoms with Gasteiger partial charge in [0.05, 0.1) is 6.20 Å². The number of nitrogens with zero attached hydrogens (tertiary/aromatic N) is 2. The number of aryl methyl sites for hydroxylation is 2. The van der Waals surface area contributed by atoms with E-state index in [0.29, 0.717) is 6.04 Å². The molecule has 0 fully saturated rings. The van der Waals surface area contributed by atoms with Crippen LogP contribution in [0.4, 0.5) is 0 Å². The van der Waals surface area contributed by atoms with Crippen molar-refractivity contribution in [2.45, 2.75) is 32.2 Å². The summed E-state index contributed by atoms with van der Waals surface area (Å²) in [5, 5.41) is 7.92. The molecule has 1 aromatic carbocycles. The molecule has 0 saturated carbocycles. The van der Waals surface area contributed by atoms with Crippen LogP contribution in [0.5, 0.6) is 0 Å². The second-order valence-corrected chi connectivity index (χ2v) is 7.33. The summed E-state index contributed by atoms with van der Waals surface area (Å²) in [5.41, 5.74) is 2.64. The monoisotopic (exact) mass is 461 g/mol. The van der Waals surface area contributed by atoms with Gasteiger partial charge >= 0.3 is 0 Å². The molecule has 114 valence electrons. The first-order valence-electron chi connectivity index (χ1n) is 7.26. The van der Waals surface area contributed by atoms with Crippen LogP contribution in [0.2, 0.25) is 0 Å². The van der Waals surface area contributed by atoms with E-state index in [0.717, 1.165) is 25.8 Å². The Morgan fingerprint density at radius 1 is 1.43 bits per heavy atom. The maximum atomic E-state index is 4.25. The molecule has 0 spiro atoms. The fourth-order valence-corrected chi connectivity index (χ4v) is 3.42. The molecule has 0 saturated heterocycles. The molecule has 0 aliphatic carbocycles. The zero-order valence-corrected chi connectivity index (χ0v) is 16.2. The van der Waals surface area contributed by atoms with Crippen molar-refractivity contribution < 1.29 is 0 Å². The third-order valence-electron chi connectivity index (χ3n) is 3.45. The molecule has 21 heavy (non-hydrogen) atoms. The SMILES string of the molecule is CCCNC(CCc1cnn(C)c1)c1cc(I)ccc1Br. The van der Waals surface area contributed by atoms with Crippen LogP contribution in [0.15, 0.2) is 35.1 Å². The molecular weight excluding hydrogens is 441 g/mol. The summed E-state index contributed by atoms with van der Waals surface area (Å²) < 4.78 is 4.32. The molecule has 3 nitrogen and oxygen atoms in total. The van der Waals surface area contributed by atoms with Crippen molar-refractivity contribution >= 4 is 38.5 Å². The fourth-order valence-electron chi connectivity index (χ4n) is 2.38. The Balaban J connectivity index is 2.11. The van der Waals surface area contributed by atoms with Crippen LogP contribution in [-0.2, 0) is 13.5 Å². The highest BCUT2D eigenvalue weighted by atomic mass is 127. The Hall–Kier alpha value is -0.400. The van der Waals surface area contributed by atoms with Gasteiger partial charge in [-0.25, -0.2) is 0 Å². The van der Waals surface area contributed by atoms with Crippen LogP contribution in [0.1, 0.15) is 36.9 Å². The lowest BCUT2D eigenvalue weighted by Gasteiger charge is -2.20. The summed E-state index contributed by atoms with van der Waals surface area (Å²) in [4.78, 5) is 0. The molecule has 1 heterocycles. The third kappa shape index (κ3) is 5.07. The second-order valence-electron chi connectivity index (χ2n) is 5.23. The van der Waals surface area contributed by atoms with Gasteiger partial charge in [0, 0.05) is 27.3 Å². The number of benzene rings is 1. The highest BCUT2D eigenvalue weighted by Gasteiger charge is 2.14. The van der Waals surface area contributed by atoms with Crippen molar-refractivity contribution in [2.75, 3.05) is 6.54 Å². The average Bonchev–Trinajstić information content (AvgIpc) is 2.88. The van der Waals surface area contributed by atoms with Crippen molar-refractivity contribution in [2.24, 2.45) is 7.05 Å². The largest absolute Gasteiger partial charge is 0.310 e. The van der Waals surface area contributed by atoms with Crippen LogP contribution in [-0.4, -0.2) is 16.3 Å². The first-order chi connectivity index (χ1) is 10.1. The molecule has 5 heteroatoms. The summed E-state index contributed by atoms with van der Waals surface area (Å²) in [6.45, 7) is 3.24. The lowest BCUT2D eigenvalue weighted by molar-refractivity contribution is 0.497. The van der Waals surface area contributed by atoms with E-state index >= 15 is 0 Å². The Morgan fingerprint density at radius 3 is 2.90 bits per heavy atom. The fraction of sp³-hybridized carbons (Fsp3) is 0.438. The van der Waals surface area contributed by atoms with E-state index in [2.05, 4.69) is 80.3 Å². The molecule has 1 atom stereocenters. The van der Waals surface area contributed by atoms with Crippen LogP contribution < -0.4 is 5.32 Å². The van der Waals surface area contributed by atoms with Crippen molar-refractivity contribution in [3.8, 4) is 0 Å². The second kappa shape index (κ2) is 8.29. The predicted octanol–water partition coefficient (Wildman–Crippen LogP) is 4.46. The minimum Gasteiger partial charge on any atom is -0.310 e. The van der Waals surface area contributed by atoms with Gasteiger partial charge in [0.2, 0.25) is 0 Å². The van der Waals surface area contributed by atoms with Crippen molar-refractivity contribution in [3.05, 3.63) is 49.8 Å². The molecule has 0 radical (unpaired) electrons. The molecule has 0 bridgehead atoms. The van der Waals surface area contributed by atoms with E-state index in [4.69, 9.17) is 0 Å². The van der Waals surface area contributed by atoms with Crippen LogP contribution in [0, 0.1) is 3.57 Å². The minimum absolute atomic E-state index is 0.370. The van der Waals surface area contributed by atoms with Gasteiger partial charge in [-0.15, -0.1) is 0 Å². The number of nitrogens with one attached hydrogen (secondary N) is 1. The first-order valence-corrected chi connectivity index (χ1v) is 9.13. The minimum atomic E-state index is 0.370. The first kappa shape index (κ1) is 17.0. The third-order valence-corrected chi connectivity index (χ3v) is 4.85. The zero-order valence-electron chi connectivity index (χ0n) is 12.4. The van der Waals surface area contributed by atoms with Gasteiger partial charge in [0.1, 0.15) is 0 Å². The Kier molecular flexibility index (Phi) is 6.70. The Bertz CT molecular complexity index is 583. The zero-order chi connectivity index (χ0) is 15.2. The van der Waals surface area contributed by atoms with E-state index in [1.54, 1.807) is 0 Å².